The maximum Gasteiger partial charge on any atom is 0.337 e. The number of carbonyl (C=O) groups is 4. The Morgan fingerprint density at radius 2 is 1.55 bits per heavy atom. The maximum atomic E-state index is 13.8. The van der Waals surface area contributed by atoms with Gasteiger partial charge >= 0.3 is 5.97 Å². The summed E-state index contributed by atoms with van der Waals surface area (Å²) in [6.45, 7) is 3.06. The zero-order valence-corrected chi connectivity index (χ0v) is 18.5. The minimum Gasteiger partial charge on any atom is -0.466 e. The van der Waals surface area contributed by atoms with Crippen LogP contribution in [-0.4, -0.2) is 41.9 Å². The molecule has 0 N–H and O–H groups in total. The molecule has 2 amide bonds. The van der Waals surface area contributed by atoms with Crippen LogP contribution in [0, 0.1) is 11.8 Å². The third kappa shape index (κ3) is 2.72. The van der Waals surface area contributed by atoms with Gasteiger partial charge in [0.05, 0.1) is 30.2 Å². The van der Waals surface area contributed by atoms with Crippen molar-refractivity contribution in [2.45, 2.75) is 31.5 Å². The minimum atomic E-state index is -1.45. The lowest BCUT2D eigenvalue weighted by Gasteiger charge is -2.34. The number of imide groups is 1. The van der Waals surface area contributed by atoms with Gasteiger partial charge in [0.15, 0.2) is 0 Å². The number of Topliss-reactive ketones (excluding diaryl/α,β-unsaturated/α-hetero) is 1. The lowest BCUT2D eigenvalue weighted by molar-refractivity contribution is -0.140. The number of fused-ring (bicyclic) bond motifs is 5. The van der Waals surface area contributed by atoms with Crippen molar-refractivity contribution in [3.8, 4) is 0 Å². The lowest BCUT2D eigenvalue weighted by atomic mass is 9.62. The molecule has 168 valence electrons. The highest BCUT2D eigenvalue weighted by atomic mass is 16.6. The molecule has 3 aliphatic heterocycles. The molecule has 2 saturated heterocycles. The number of nitrogens with zero attached hydrogens (tertiary/aromatic N) is 1. The van der Waals surface area contributed by atoms with Crippen LogP contribution in [0.15, 0.2) is 66.2 Å². The number of esters is 1. The van der Waals surface area contributed by atoms with E-state index in [9.17, 15) is 19.2 Å². The molecule has 2 fully saturated rings. The van der Waals surface area contributed by atoms with Gasteiger partial charge < -0.3 is 9.47 Å². The number of carbonyl (C=O) groups excluding carboxylic acids is 4. The van der Waals surface area contributed by atoms with Crippen molar-refractivity contribution in [1.82, 2.24) is 0 Å². The minimum absolute atomic E-state index is 0.143. The van der Waals surface area contributed by atoms with E-state index in [1.54, 1.807) is 49.4 Å². The molecule has 5 rings (SSSR count). The second-order valence-electron chi connectivity index (χ2n) is 8.89. The molecule has 0 aromatic heterocycles. The van der Waals surface area contributed by atoms with Gasteiger partial charge in [0.1, 0.15) is 17.0 Å². The number of methoxy groups -OCH3 is 1. The smallest absolute Gasteiger partial charge is 0.337 e. The van der Waals surface area contributed by atoms with Gasteiger partial charge in [-0.25, -0.2) is 9.69 Å². The highest BCUT2D eigenvalue weighted by molar-refractivity contribution is 6.26. The topological polar surface area (TPSA) is 90.0 Å². The molecule has 4 atom stereocenters. The SMILES string of the molecule is COC(=O)C1=C(c2ccccc2)C2(CC(C)=O)OC1(C)C1C(=O)N(c3ccccc3)C(=O)C12. The van der Waals surface area contributed by atoms with E-state index in [-0.39, 0.29) is 17.8 Å². The van der Waals surface area contributed by atoms with Crippen LogP contribution < -0.4 is 4.90 Å². The first-order chi connectivity index (χ1) is 15.8. The number of rotatable bonds is 5. The fourth-order valence-corrected chi connectivity index (χ4v) is 5.91. The zero-order valence-electron chi connectivity index (χ0n) is 18.5. The third-order valence-corrected chi connectivity index (χ3v) is 6.94. The highest BCUT2D eigenvalue weighted by Crippen LogP contribution is 2.67. The number of hydrogen-bond acceptors (Lipinski definition) is 6. The third-order valence-electron chi connectivity index (χ3n) is 6.94. The molecule has 33 heavy (non-hydrogen) atoms. The lowest BCUT2D eigenvalue weighted by Crippen LogP contribution is -2.45. The summed E-state index contributed by atoms with van der Waals surface area (Å²) in [5.74, 6) is -3.63. The summed E-state index contributed by atoms with van der Waals surface area (Å²) in [4.78, 5) is 54.3. The first-order valence-electron chi connectivity index (χ1n) is 10.8. The Kier molecular flexibility index (Phi) is 4.65. The van der Waals surface area contributed by atoms with Gasteiger partial charge in [-0.05, 0) is 31.5 Å². The Labute approximate surface area is 191 Å². The van der Waals surface area contributed by atoms with Gasteiger partial charge in [-0.3, -0.25) is 14.4 Å². The summed E-state index contributed by atoms with van der Waals surface area (Å²) in [5, 5.41) is 0. The molecule has 0 spiro atoms. The molecule has 3 aliphatic rings. The molecule has 2 aromatic rings. The van der Waals surface area contributed by atoms with Crippen LogP contribution in [-0.2, 0) is 28.7 Å². The van der Waals surface area contributed by atoms with Crippen molar-refractivity contribution in [1.29, 1.82) is 0 Å². The summed E-state index contributed by atoms with van der Waals surface area (Å²) in [7, 11) is 1.26. The zero-order chi connectivity index (χ0) is 23.5. The van der Waals surface area contributed by atoms with Crippen LogP contribution in [0.2, 0.25) is 0 Å². The Hall–Kier alpha value is -3.58. The number of hydrogen-bond donors (Lipinski definition) is 0. The molecule has 0 radical (unpaired) electrons. The standard InChI is InChI=1S/C26H23NO6/c1-15(28)14-26-18(16-10-6-4-7-11-16)21(24(31)32-3)25(2,33-26)19-20(26)23(30)27(22(19)29)17-12-8-5-9-13-17/h4-13,19-20H,14H2,1-3H3. The van der Waals surface area contributed by atoms with Gasteiger partial charge in [-0.1, -0.05) is 48.5 Å². The van der Waals surface area contributed by atoms with E-state index in [0.29, 0.717) is 16.8 Å². The molecule has 2 bridgehead atoms. The van der Waals surface area contributed by atoms with Gasteiger partial charge in [0.25, 0.3) is 0 Å². The number of anilines is 1. The van der Waals surface area contributed by atoms with Crippen molar-refractivity contribution >= 4 is 34.8 Å². The number of ketones is 1. The van der Waals surface area contributed by atoms with E-state index < -0.39 is 40.8 Å². The predicted octanol–water partition coefficient (Wildman–Crippen LogP) is 2.94. The van der Waals surface area contributed by atoms with Crippen molar-refractivity contribution in [3.63, 3.8) is 0 Å². The molecule has 3 heterocycles. The fraction of sp³-hybridized carbons (Fsp3) is 0.308. The van der Waals surface area contributed by atoms with E-state index >= 15 is 0 Å². The fourth-order valence-electron chi connectivity index (χ4n) is 5.91. The van der Waals surface area contributed by atoms with Crippen LogP contribution in [0.5, 0.6) is 0 Å². The quantitative estimate of drug-likeness (QED) is 0.519. The maximum absolute atomic E-state index is 13.8. The van der Waals surface area contributed by atoms with Crippen LogP contribution >= 0.6 is 0 Å². The summed E-state index contributed by atoms with van der Waals surface area (Å²) in [5.41, 5.74) is -1.13. The Bertz CT molecular complexity index is 1220. The number of para-hydroxylation sites is 1. The van der Waals surface area contributed by atoms with E-state index in [4.69, 9.17) is 9.47 Å². The molecule has 7 nitrogen and oxygen atoms in total. The molecular formula is C26H23NO6. The Morgan fingerprint density at radius 1 is 0.970 bits per heavy atom. The number of amides is 2. The van der Waals surface area contributed by atoms with Crippen molar-refractivity contribution in [2.75, 3.05) is 12.0 Å². The molecule has 0 saturated carbocycles. The van der Waals surface area contributed by atoms with Crippen molar-refractivity contribution in [3.05, 3.63) is 71.8 Å². The number of ether oxygens (including phenoxy) is 2. The predicted molar refractivity (Wildman–Crippen MR) is 119 cm³/mol. The van der Waals surface area contributed by atoms with E-state index in [0.717, 1.165) is 4.90 Å². The first kappa shape index (κ1) is 21.3. The van der Waals surface area contributed by atoms with E-state index in [1.165, 1.54) is 14.0 Å². The highest BCUT2D eigenvalue weighted by Gasteiger charge is 2.78. The molecule has 4 unspecified atom stereocenters. The Morgan fingerprint density at radius 3 is 2.12 bits per heavy atom. The van der Waals surface area contributed by atoms with Gasteiger partial charge in [-0.15, -0.1) is 0 Å². The van der Waals surface area contributed by atoms with Crippen LogP contribution in [0.4, 0.5) is 5.69 Å². The summed E-state index contributed by atoms with van der Waals surface area (Å²) < 4.78 is 11.6. The van der Waals surface area contributed by atoms with Crippen molar-refractivity contribution in [2.24, 2.45) is 11.8 Å². The largest absolute Gasteiger partial charge is 0.466 e. The summed E-state index contributed by atoms with van der Waals surface area (Å²) >= 11 is 0. The van der Waals surface area contributed by atoms with Crippen LogP contribution in [0.3, 0.4) is 0 Å². The van der Waals surface area contributed by atoms with E-state index in [2.05, 4.69) is 0 Å². The van der Waals surface area contributed by atoms with Gasteiger partial charge in [0.2, 0.25) is 11.8 Å². The second kappa shape index (κ2) is 7.22. The molecular weight excluding hydrogens is 422 g/mol. The van der Waals surface area contributed by atoms with Gasteiger partial charge in [-0.2, -0.15) is 0 Å². The molecule has 7 heteroatoms. The molecule has 2 aromatic carbocycles. The van der Waals surface area contributed by atoms with Crippen LogP contribution in [0.1, 0.15) is 25.8 Å². The average Bonchev–Trinajstić information content (AvgIpc) is 3.33. The molecule has 0 aliphatic carbocycles. The van der Waals surface area contributed by atoms with Crippen LogP contribution in [0.25, 0.3) is 5.57 Å². The van der Waals surface area contributed by atoms with Gasteiger partial charge in [0, 0.05) is 12.0 Å². The van der Waals surface area contributed by atoms with Crippen molar-refractivity contribution < 1.29 is 28.7 Å². The normalized spacial score (nSPS) is 30.1. The second-order valence-corrected chi connectivity index (χ2v) is 8.89. The Balaban J connectivity index is 1.79. The summed E-state index contributed by atoms with van der Waals surface area (Å²) in [6, 6.07) is 17.7. The summed E-state index contributed by atoms with van der Waals surface area (Å²) in [6.07, 6.45) is -0.143. The number of benzene rings is 2. The first-order valence-corrected chi connectivity index (χ1v) is 10.8. The monoisotopic (exact) mass is 445 g/mol. The van der Waals surface area contributed by atoms with E-state index in [1.807, 2.05) is 18.2 Å². The average molecular weight is 445 g/mol.